The second-order valence-corrected chi connectivity index (χ2v) is 17.1. The Hall–Kier alpha value is -5.49. The van der Waals surface area contributed by atoms with Crippen LogP contribution in [0.1, 0.15) is 74.1 Å². The van der Waals surface area contributed by atoms with Gasteiger partial charge in [-0.3, -0.25) is 9.59 Å². The molecule has 292 valence electrons. The van der Waals surface area contributed by atoms with E-state index >= 15 is 0 Å². The Kier molecular flexibility index (Phi) is 8.03. The van der Waals surface area contributed by atoms with Crippen molar-refractivity contribution in [2.75, 3.05) is 5.32 Å². The van der Waals surface area contributed by atoms with Crippen LogP contribution >= 0.6 is 19.9 Å². The number of nitrogens with one attached hydrogen (secondary N) is 3. The Morgan fingerprint density at radius 2 is 1.86 bits per heavy atom. The van der Waals surface area contributed by atoms with Gasteiger partial charge in [-0.15, -0.1) is 0 Å². The minimum absolute atomic E-state index is 0.0375. The fourth-order valence-corrected chi connectivity index (χ4v) is 9.89. The molecule has 4 N–H and O–H groups in total. The number of aryl methyl sites for hydroxylation is 1. The number of amides is 2. The third kappa shape index (κ3) is 5.18. The molecule has 0 saturated heterocycles. The molecular weight excluding hydrogens is 769 g/mol. The lowest BCUT2D eigenvalue weighted by molar-refractivity contribution is -0.130. The van der Waals surface area contributed by atoms with E-state index in [1.165, 1.54) is 4.73 Å². The monoisotopic (exact) mass is 807 g/mol. The van der Waals surface area contributed by atoms with E-state index in [4.69, 9.17) is 34.8 Å². The maximum absolute atomic E-state index is 14.3. The fourth-order valence-electron chi connectivity index (χ4n) is 9.18. The highest BCUT2D eigenvalue weighted by atomic mass is 35.5. The maximum Gasteiger partial charge on any atom is 0.384 e. The van der Waals surface area contributed by atoms with Gasteiger partial charge < -0.3 is 39.0 Å². The normalized spacial score (nSPS) is 21.6. The highest BCUT2D eigenvalue weighted by Gasteiger charge is 2.61. The van der Waals surface area contributed by atoms with E-state index in [0.717, 1.165) is 33.5 Å². The number of halogens is 1. The van der Waals surface area contributed by atoms with Crippen molar-refractivity contribution >= 4 is 48.3 Å². The van der Waals surface area contributed by atoms with Crippen molar-refractivity contribution in [3.63, 3.8) is 0 Å². The number of anilines is 1. The molecule has 3 aromatic carbocycles. The lowest BCUT2D eigenvalue weighted by atomic mass is 9.71. The lowest BCUT2D eigenvalue weighted by Gasteiger charge is -2.29. The number of furan rings is 1. The van der Waals surface area contributed by atoms with Crippen LogP contribution in [0.3, 0.4) is 0 Å². The molecule has 2 amide bonds. The summed E-state index contributed by atoms with van der Waals surface area (Å²) in [5.74, 6) is 1.65. The zero-order valence-electron chi connectivity index (χ0n) is 31.7. The first kappa shape index (κ1) is 35.9. The molecular formula is C42H39ClN5O8P. The molecule has 5 atom stereocenters. The Labute approximate surface area is 332 Å². The Bertz CT molecular complexity index is 2730. The Morgan fingerprint density at radius 3 is 2.63 bits per heavy atom. The Balaban J connectivity index is 1.31. The molecule has 1 spiro atoms. The van der Waals surface area contributed by atoms with E-state index in [9.17, 15) is 19.0 Å². The molecule has 4 aliphatic rings. The van der Waals surface area contributed by atoms with Crippen LogP contribution in [0.25, 0.3) is 44.8 Å². The van der Waals surface area contributed by atoms with Crippen LogP contribution in [0.5, 0.6) is 5.75 Å². The summed E-state index contributed by atoms with van der Waals surface area (Å²) in [5.41, 5.74) is 5.74. The van der Waals surface area contributed by atoms with E-state index in [0.29, 0.717) is 50.8 Å². The summed E-state index contributed by atoms with van der Waals surface area (Å²) in [6.07, 6.45) is -0.166. The third-order valence-corrected chi connectivity index (χ3v) is 12.2. The standard InChI is InChI=1S/C42H39ClN5O8P/c1-18(2)14-31(49)45-27-16-21-12-13-29-26(15-21)42-25-10-6-9-23(35(25)47-41(42)54-29)22-8-7-11-28-32(22)33(38(43)48(28)56-57(51)52)36-20(5)44-40(55-36)24-17-30(53-37(24)42)34(19(3)4)46-39(27)50/h6-13,15,17-19,27,34,41,47,57H,14,16H2,1-5H3,(H,45,49)(H,46,50)(H,51,52)/t27-,34?,41?,42?/m0/s1. The van der Waals surface area contributed by atoms with Gasteiger partial charge in [0.25, 0.3) is 0 Å². The molecule has 7 heterocycles. The smallest absolute Gasteiger partial charge is 0.384 e. The van der Waals surface area contributed by atoms with Crippen molar-refractivity contribution in [2.45, 2.75) is 71.2 Å². The highest BCUT2D eigenvalue weighted by Crippen LogP contribution is 2.62. The average Bonchev–Trinajstić information content (AvgIpc) is 3.95. The van der Waals surface area contributed by atoms with Crippen molar-refractivity contribution in [3.8, 4) is 39.7 Å². The first-order valence-electron chi connectivity index (χ1n) is 19.0. The highest BCUT2D eigenvalue weighted by molar-refractivity contribution is 7.32. The predicted molar refractivity (Wildman–Crippen MR) is 213 cm³/mol. The number of benzene rings is 3. The van der Waals surface area contributed by atoms with Gasteiger partial charge in [-0.1, -0.05) is 81.8 Å². The summed E-state index contributed by atoms with van der Waals surface area (Å²) in [4.78, 5) is 42.4. The van der Waals surface area contributed by atoms with Crippen LogP contribution in [-0.4, -0.2) is 38.7 Å². The van der Waals surface area contributed by atoms with E-state index in [1.54, 1.807) is 6.07 Å². The summed E-state index contributed by atoms with van der Waals surface area (Å²) < 4.78 is 39.6. The number of hydrogen-bond acceptors (Lipinski definition) is 9. The van der Waals surface area contributed by atoms with E-state index < -0.39 is 32.0 Å². The second-order valence-electron chi connectivity index (χ2n) is 16.0. The van der Waals surface area contributed by atoms with Gasteiger partial charge in [-0.2, -0.15) is 4.73 Å². The van der Waals surface area contributed by atoms with Crippen molar-refractivity contribution in [2.24, 2.45) is 11.8 Å². The summed E-state index contributed by atoms with van der Waals surface area (Å²) in [6.45, 7) is 9.74. The molecule has 0 aliphatic carbocycles. The van der Waals surface area contributed by atoms with Crippen LogP contribution < -0.4 is 25.3 Å². The van der Waals surface area contributed by atoms with Gasteiger partial charge in [-0.05, 0) is 53.6 Å². The molecule has 0 radical (unpaired) electrons. The number of aromatic nitrogens is 2. The van der Waals surface area contributed by atoms with Gasteiger partial charge in [0.1, 0.15) is 28.7 Å². The molecule has 0 fully saturated rings. The number of carbonyl (C=O) groups is 2. The number of carbonyl (C=O) groups excluding carboxylic acids is 2. The van der Waals surface area contributed by atoms with E-state index in [-0.39, 0.29) is 47.5 Å². The number of hydrogen-bond donors (Lipinski definition) is 4. The Morgan fingerprint density at radius 1 is 1.07 bits per heavy atom. The second kappa shape index (κ2) is 12.8. The number of oxazole rings is 1. The maximum atomic E-state index is 14.3. The molecule has 6 aromatic rings. The molecule has 13 nitrogen and oxygen atoms in total. The summed E-state index contributed by atoms with van der Waals surface area (Å²) in [7, 11) is -3.48. The third-order valence-electron chi connectivity index (χ3n) is 11.5. The zero-order chi connectivity index (χ0) is 39.7. The fraction of sp³-hybridized carbons (Fsp3) is 0.310. The van der Waals surface area contributed by atoms with Gasteiger partial charge >= 0.3 is 8.25 Å². The lowest BCUT2D eigenvalue weighted by Crippen LogP contribution is -2.49. The molecule has 57 heavy (non-hydrogen) atoms. The first-order valence-corrected chi connectivity index (χ1v) is 20.7. The van der Waals surface area contributed by atoms with Crippen LogP contribution in [0, 0.1) is 18.8 Å². The van der Waals surface area contributed by atoms with E-state index in [1.807, 2.05) is 83.1 Å². The van der Waals surface area contributed by atoms with Gasteiger partial charge in [-0.25, -0.2) is 9.55 Å². The average molecular weight is 808 g/mol. The number of para-hydroxylation sites is 1. The van der Waals surface area contributed by atoms with Gasteiger partial charge in [0.2, 0.25) is 17.7 Å². The first-order chi connectivity index (χ1) is 27.3. The van der Waals surface area contributed by atoms with Gasteiger partial charge in [0, 0.05) is 35.0 Å². The predicted octanol–water partition coefficient (Wildman–Crippen LogP) is 7.69. The molecule has 10 rings (SSSR count). The van der Waals surface area contributed by atoms with Crippen LogP contribution in [0.15, 0.2) is 69.5 Å². The van der Waals surface area contributed by atoms with Crippen LogP contribution in [0.2, 0.25) is 5.15 Å². The zero-order valence-corrected chi connectivity index (χ0v) is 33.4. The number of nitrogens with zero attached hydrogens (tertiary/aromatic N) is 2. The van der Waals surface area contributed by atoms with Crippen molar-refractivity contribution in [3.05, 3.63) is 99.7 Å². The summed E-state index contributed by atoms with van der Waals surface area (Å²) in [5, 5.41) is 10.7. The number of ether oxygens (including phenoxy) is 1. The number of rotatable bonds is 6. The molecule has 4 unspecified atom stereocenters. The minimum atomic E-state index is -3.48. The molecule has 4 aliphatic heterocycles. The van der Waals surface area contributed by atoms with Gasteiger partial charge in [0.15, 0.2) is 17.1 Å². The topological polar surface area (TPSA) is 170 Å². The largest absolute Gasteiger partial charge is 0.469 e. The number of fused-ring (bicyclic) bond motifs is 7. The molecule has 0 saturated carbocycles. The summed E-state index contributed by atoms with van der Waals surface area (Å²) in [6, 6.07) is 17.9. The quantitative estimate of drug-likeness (QED) is 0.122. The van der Waals surface area contributed by atoms with Crippen molar-refractivity contribution in [1.29, 1.82) is 0 Å². The van der Waals surface area contributed by atoms with Crippen LogP contribution in [0.4, 0.5) is 5.69 Å². The molecule has 10 bridgehead atoms. The van der Waals surface area contributed by atoms with Crippen LogP contribution in [-0.2, 0) is 26.0 Å². The molecule has 3 aromatic heterocycles. The minimum Gasteiger partial charge on any atom is -0.469 e. The van der Waals surface area contributed by atoms with Gasteiger partial charge in [0.05, 0.1) is 28.4 Å². The SMILES string of the molecule is Cc1nc2oc1-c1c(Cl)n(O[PH](=O)O)c3cccc(c13)-c1cccc3c1NC1Oc4ccc5cc4C31c1oc(cc1-2)C(C(C)C)NC(=O)[C@@H](NC(=O)CC(C)C)C5. The molecule has 15 heteroatoms. The van der Waals surface area contributed by atoms with Crippen molar-refractivity contribution in [1.82, 2.24) is 20.3 Å². The van der Waals surface area contributed by atoms with Crippen molar-refractivity contribution < 1.29 is 37.2 Å². The summed E-state index contributed by atoms with van der Waals surface area (Å²) >= 11 is 7.09. The van der Waals surface area contributed by atoms with E-state index in [2.05, 4.69) is 22.0 Å².